The molecule has 2 rings (SSSR count). The van der Waals surface area contributed by atoms with Crippen molar-refractivity contribution in [2.75, 3.05) is 6.26 Å². The van der Waals surface area contributed by atoms with Crippen LogP contribution in [-0.2, 0) is 9.84 Å². The Morgan fingerprint density at radius 3 is 2.40 bits per heavy atom. The summed E-state index contributed by atoms with van der Waals surface area (Å²) in [4.78, 5) is 13.1. The number of nitrogens with one attached hydrogen (secondary N) is 2. The van der Waals surface area contributed by atoms with E-state index in [1.54, 1.807) is 24.3 Å². The van der Waals surface area contributed by atoms with Crippen LogP contribution in [0.2, 0.25) is 5.02 Å². The summed E-state index contributed by atoms with van der Waals surface area (Å²) in [5.74, 6) is -1.17. The van der Waals surface area contributed by atoms with Crippen LogP contribution in [0, 0.1) is 5.41 Å². The van der Waals surface area contributed by atoms with Gasteiger partial charge in [0.1, 0.15) is 0 Å². The van der Waals surface area contributed by atoms with Gasteiger partial charge in [-0.05, 0) is 30.3 Å². The summed E-state index contributed by atoms with van der Waals surface area (Å²) in [6, 6.07) is 11.3. The minimum absolute atomic E-state index is 0. The van der Waals surface area contributed by atoms with Crippen LogP contribution >= 0.6 is 35.8 Å². The third-order valence-electron chi connectivity index (χ3n) is 2.91. The van der Waals surface area contributed by atoms with Gasteiger partial charge in [-0.3, -0.25) is 15.5 Å². The molecule has 0 saturated heterocycles. The number of hydrogen-bond donors (Lipinski definition) is 3. The van der Waals surface area contributed by atoms with Gasteiger partial charge in [-0.2, -0.15) is 0 Å². The second kappa shape index (κ2) is 8.57. The predicted octanol–water partition coefficient (Wildman–Crippen LogP) is 2.94. The Bertz CT molecular complexity index is 918. The van der Waals surface area contributed by atoms with Crippen LogP contribution in [0.3, 0.4) is 0 Å². The van der Waals surface area contributed by atoms with Crippen molar-refractivity contribution < 1.29 is 13.2 Å². The highest BCUT2D eigenvalue weighted by Crippen LogP contribution is 2.37. The zero-order chi connectivity index (χ0) is 17.9. The predicted molar refractivity (Wildman–Crippen MR) is 102 cm³/mol. The van der Waals surface area contributed by atoms with Crippen LogP contribution in [0.4, 0.5) is 0 Å². The van der Waals surface area contributed by atoms with Crippen LogP contribution in [0.15, 0.2) is 57.2 Å². The third-order valence-corrected chi connectivity index (χ3v) is 5.77. The molecule has 10 heteroatoms. The zero-order valence-electron chi connectivity index (χ0n) is 12.9. The number of guanidine groups is 1. The minimum Gasteiger partial charge on any atom is -0.370 e. The Morgan fingerprint density at radius 1 is 1.20 bits per heavy atom. The lowest BCUT2D eigenvalue weighted by molar-refractivity contribution is 0.0976. The van der Waals surface area contributed by atoms with Crippen LogP contribution in [0.25, 0.3) is 0 Å². The Hall–Kier alpha value is -1.74. The molecule has 0 radical (unpaired) electrons. The second-order valence-corrected chi connectivity index (χ2v) is 8.31. The van der Waals surface area contributed by atoms with Gasteiger partial charge in [-0.15, -0.1) is 12.4 Å². The number of rotatable bonds is 4. The topological polar surface area (TPSA) is 113 Å². The van der Waals surface area contributed by atoms with Gasteiger partial charge in [0.2, 0.25) is 0 Å². The molecule has 1 amide bonds. The van der Waals surface area contributed by atoms with Gasteiger partial charge in [-0.1, -0.05) is 35.5 Å². The molecule has 4 N–H and O–H groups in total. The first-order chi connectivity index (χ1) is 11.2. The number of nitrogens with two attached hydrogens (primary N) is 1. The van der Waals surface area contributed by atoms with Crippen molar-refractivity contribution in [3.8, 4) is 0 Å². The number of halogens is 2. The van der Waals surface area contributed by atoms with E-state index in [9.17, 15) is 13.2 Å². The number of carbonyl (C=O) groups excluding carboxylic acids is 1. The van der Waals surface area contributed by atoms with Gasteiger partial charge < -0.3 is 5.73 Å². The molecule has 0 saturated carbocycles. The smallest absolute Gasteiger partial charge is 0.257 e. The van der Waals surface area contributed by atoms with Crippen molar-refractivity contribution in [3.63, 3.8) is 0 Å². The molecule has 0 spiro atoms. The summed E-state index contributed by atoms with van der Waals surface area (Å²) < 4.78 is 24.2. The molecule has 0 aliphatic rings. The van der Waals surface area contributed by atoms with Crippen LogP contribution in [0.1, 0.15) is 10.4 Å². The lowest BCUT2D eigenvalue weighted by Gasteiger charge is -2.11. The highest BCUT2D eigenvalue weighted by Gasteiger charge is 2.18. The number of carbonyl (C=O) groups is 1. The summed E-state index contributed by atoms with van der Waals surface area (Å²) in [5, 5.41) is 9.69. The molecule has 0 bridgehead atoms. The fraction of sp³-hybridized carbons (Fsp3) is 0.0667. The Balaban J connectivity index is 0.00000312. The van der Waals surface area contributed by atoms with Gasteiger partial charge in [-0.25, -0.2) is 8.42 Å². The molecule has 6 nitrogen and oxygen atoms in total. The standard InChI is InChI=1S/C15H14ClN3O3S2.ClH/c1-24(21,22)13-8-9(14(20)19-15(17)18)6-7-12(13)23-11-5-3-2-4-10(11)16;/h2-8H,1H3,(H4,17,18,19,20);1H. The number of hydrogen-bond acceptors (Lipinski definition) is 5. The largest absolute Gasteiger partial charge is 0.370 e. The molecule has 0 unspecified atom stereocenters. The van der Waals surface area contributed by atoms with Gasteiger partial charge in [0.15, 0.2) is 15.8 Å². The van der Waals surface area contributed by atoms with E-state index in [4.69, 9.17) is 22.7 Å². The van der Waals surface area contributed by atoms with E-state index in [0.717, 1.165) is 6.26 Å². The minimum atomic E-state index is -3.58. The normalized spacial score (nSPS) is 10.6. The average molecular weight is 420 g/mol. The Kier molecular flexibility index (Phi) is 7.30. The van der Waals surface area contributed by atoms with Crippen LogP contribution in [-0.4, -0.2) is 26.5 Å². The van der Waals surface area contributed by atoms with Crippen molar-refractivity contribution in [2.24, 2.45) is 5.73 Å². The van der Waals surface area contributed by atoms with Crippen LogP contribution in [0.5, 0.6) is 0 Å². The summed E-state index contributed by atoms with van der Waals surface area (Å²) >= 11 is 7.30. The Labute approximate surface area is 161 Å². The molecule has 0 aliphatic carbocycles. The van der Waals surface area contributed by atoms with Crippen molar-refractivity contribution in [2.45, 2.75) is 14.7 Å². The monoisotopic (exact) mass is 419 g/mol. The van der Waals surface area contributed by atoms with Crippen LogP contribution < -0.4 is 11.1 Å². The maximum Gasteiger partial charge on any atom is 0.257 e. The van der Waals surface area contributed by atoms with Gasteiger partial charge in [0.05, 0.1) is 9.92 Å². The van der Waals surface area contributed by atoms with Crippen molar-refractivity contribution >= 4 is 57.5 Å². The number of sulfone groups is 1. The molecule has 134 valence electrons. The summed E-state index contributed by atoms with van der Waals surface area (Å²) in [6.45, 7) is 0. The molecule has 0 aliphatic heterocycles. The molecular formula is C15H15Cl2N3O3S2. The second-order valence-electron chi connectivity index (χ2n) is 4.83. The Morgan fingerprint density at radius 2 is 1.84 bits per heavy atom. The van der Waals surface area contributed by atoms with E-state index < -0.39 is 21.7 Å². The molecule has 0 heterocycles. The highest BCUT2D eigenvalue weighted by atomic mass is 35.5. The third kappa shape index (κ3) is 5.64. The lowest BCUT2D eigenvalue weighted by atomic mass is 10.2. The van der Waals surface area contributed by atoms with Crippen molar-refractivity contribution in [3.05, 3.63) is 53.1 Å². The summed E-state index contributed by atoms with van der Waals surface area (Å²) in [7, 11) is -3.58. The molecule has 2 aromatic carbocycles. The number of amides is 1. The first-order valence-corrected chi connectivity index (χ1v) is 9.69. The maximum atomic E-state index is 12.1. The molecular weight excluding hydrogens is 405 g/mol. The maximum absolute atomic E-state index is 12.1. The highest BCUT2D eigenvalue weighted by molar-refractivity contribution is 8.00. The molecule has 25 heavy (non-hydrogen) atoms. The van der Waals surface area contributed by atoms with E-state index >= 15 is 0 Å². The number of benzene rings is 2. The van der Waals surface area contributed by atoms with E-state index in [0.29, 0.717) is 14.8 Å². The van der Waals surface area contributed by atoms with E-state index in [1.807, 2.05) is 0 Å². The summed E-state index contributed by atoms with van der Waals surface area (Å²) in [6.07, 6.45) is 1.06. The lowest BCUT2D eigenvalue weighted by Crippen LogP contribution is -2.35. The zero-order valence-corrected chi connectivity index (χ0v) is 16.2. The quantitative estimate of drug-likeness (QED) is 0.520. The van der Waals surface area contributed by atoms with Gasteiger partial charge >= 0.3 is 0 Å². The molecule has 0 aromatic heterocycles. The van der Waals surface area contributed by atoms with Gasteiger partial charge in [0.25, 0.3) is 5.91 Å². The molecule has 2 aromatic rings. The van der Waals surface area contributed by atoms with E-state index in [-0.39, 0.29) is 22.9 Å². The summed E-state index contributed by atoms with van der Waals surface area (Å²) in [5.41, 5.74) is 5.21. The average Bonchev–Trinajstić information content (AvgIpc) is 2.48. The fourth-order valence-electron chi connectivity index (χ4n) is 1.86. The SMILES string of the molecule is CS(=O)(=O)c1cc(C(=O)NC(=N)N)ccc1Sc1ccccc1Cl.Cl. The first-order valence-electron chi connectivity index (χ1n) is 6.60. The van der Waals surface area contributed by atoms with Crippen molar-refractivity contribution in [1.82, 2.24) is 5.32 Å². The van der Waals surface area contributed by atoms with Crippen molar-refractivity contribution in [1.29, 1.82) is 5.41 Å². The van der Waals surface area contributed by atoms with E-state index in [2.05, 4.69) is 5.32 Å². The van der Waals surface area contributed by atoms with E-state index in [1.165, 1.54) is 30.0 Å². The molecule has 0 fully saturated rings. The molecule has 0 atom stereocenters. The fourth-order valence-corrected chi connectivity index (χ4v) is 4.31. The first kappa shape index (κ1) is 21.3. The van der Waals surface area contributed by atoms with Gasteiger partial charge in [0, 0.05) is 21.6 Å².